The molecule has 2 aliphatic rings. The number of carbonyl (C=O) groups is 2. The molecule has 0 unspecified atom stereocenters. The van der Waals surface area contributed by atoms with Crippen LogP contribution in [-0.2, 0) is 16.8 Å². The van der Waals surface area contributed by atoms with Crippen LogP contribution in [0.15, 0.2) is 79.0 Å². The van der Waals surface area contributed by atoms with Gasteiger partial charge in [-0.05, 0) is 49.2 Å². The van der Waals surface area contributed by atoms with Crippen molar-refractivity contribution >= 4 is 34.1 Å². The van der Waals surface area contributed by atoms with Crippen molar-refractivity contribution in [2.24, 2.45) is 0 Å². The minimum Gasteiger partial charge on any atom is -0.359 e. The average Bonchev–Trinajstić information content (AvgIpc) is 3.33. The third-order valence-corrected chi connectivity index (χ3v) is 7.33. The van der Waals surface area contributed by atoms with Gasteiger partial charge in [-0.3, -0.25) is 14.5 Å². The highest BCUT2D eigenvalue weighted by atomic mass is 16.2. The van der Waals surface area contributed by atoms with Gasteiger partial charge in [0.2, 0.25) is 5.91 Å². The van der Waals surface area contributed by atoms with E-state index in [1.807, 2.05) is 73.5 Å². The van der Waals surface area contributed by atoms with Crippen molar-refractivity contribution in [1.29, 1.82) is 0 Å². The molecule has 2 amide bonds. The van der Waals surface area contributed by atoms with E-state index in [0.29, 0.717) is 5.56 Å². The Balaban J connectivity index is 1.21. The molecule has 6 rings (SSSR count). The van der Waals surface area contributed by atoms with Gasteiger partial charge in [-0.2, -0.15) is 0 Å². The van der Waals surface area contributed by atoms with Crippen molar-refractivity contribution in [2.45, 2.75) is 31.8 Å². The number of carbonyl (C=O) groups excluding carboxylic acids is 2. The molecule has 35 heavy (non-hydrogen) atoms. The Labute approximate surface area is 204 Å². The maximum atomic E-state index is 13.5. The summed E-state index contributed by atoms with van der Waals surface area (Å²) in [6.45, 7) is 6.49. The fourth-order valence-corrected chi connectivity index (χ4v) is 5.32. The van der Waals surface area contributed by atoms with Crippen LogP contribution in [0, 0.1) is 0 Å². The molecule has 0 bridgehead atoms. The van der Waals surface area contributed by atoms with Crippen molar-refractivity contribution in [2.75, 3.05) is 23.3 Å². The number of likely N-dealkylation sites (tertiary alicyclic amines) is 1. The third kappa shape index (κ3) is 3.61. The summed E-state index contributed by atoms with van der Waals surface area (Å²) in [6.07, 6.45) is 1.81. The molecular weight excluding hydrogens is 436 g/mol. The largest absolute Gasteiger partial charge is 0.359 e. The first-order chi connectivity index (χ1) is 16.9. The molecule has 0 radical (unpaired) electrons. The fraction of sp³-hybridized carbons (Fsp3) is 0.241. The van der Waals surface area contributed by atoms with Crippen LogP contribution in [0.25, 0.3) is 10.9 Å². The van der Waals surface area contributed by atoms with Crippen LogP contribution in [0.2, 0.25) is 0 Å². The van der Waals surface area contributed by atoms with Gasteiger partial charge in [0.1, 0.15) is 0 Å². The zero-order valence-electron chi connectivity index (χ0n) is 19.9. The molecular formula is C29H28N4O2. The molecule has 3 heterocycles. The number of benzene rings is 3. The Morgan fingerprint density at radius 2 is 1.77 bits per heavy atom. The summed E-state index contributed by atoms with van der Waals surface area (Å²) in [5, 5.41) is 3.99. The summed E-state index contributed by atoms with van der Waals surface area (Å²) in [5.41, 5.74) is 4.72. The van der Waals surface area contributed by atoms with E-state index in [2.05, 4.69) is 39.5 Å². The number of nitrogens with one attached hydrogen (secondary N) is 2. The topological polar surface area (TPSA) is 68.4 Å². The van der Waals surface area contributed by atoms with Crippen LogP contribution in [0.1, 0.15) is 35.3 Å². The minimum atomic E-state index is -0.674. The number of H-pyrrole nitrogens is 1. The molecule has 4 aromatic rings. The first-order valence-electron chi connectivity index (χ1n) is 12.0. The molecule has 1 saturated heterocycles. The first kappa shape index (κ1) is 21.6. The number of anilines is 2. The number of fused-ring (bicyclic) bond motifs is 2. The lowest BCUT2D eigenvalue weighted by Gasteiger charge is -2.44. The van der Waals surface area contributed by atoms with E-state index in [9.17, 15) is 9.59 Å². The number of nitrogens with zero attached hydrogens (tertiary/aromatic N) is 2. The SMILES string of the molecule is CC1(C)C(=O)N(C2CN(Cc3ccccc3)C2)c2ccc(C(=O)Nc3c[nH]c4ccccc34)cc21. The molecule has 2 aliphatic heterocycles. The van der Waals surface area contributed by atoms with Gasteiger partial charge in [0, 0.05) is 48.0 Å². The monoisotopic (exact) mass is 464 g/mol. The van der Waals surface area contributed by atoms with E-state index in [1.54, 1.807) is 0 Å². The second kappa shape index (κ2) is 8.10. The number of para-hydroxylation sites is 1. The van der Waals surface area contributed by atoms with Gasteiger partial charge in [0.15, 0.2) is 0 Å². The van der Waals surface area contributed by atoms with Crippen molar-refractivity contribution in [3.05, 3.63) is 95.7 Å². The summed E-state index contributed by atoms with van der Waals surface area (Å²) in [7, 11) is 0. The molecule has 1 aromatic heterocycles. The summed E-state index contributed by atoms with van der Waals surface area (Å²) >= 11 is 0. The van der Waals surface area contributed by atoms with E-state index in [0.717, 1.165) is 47.5 Å². The number of aromatic amines is 1. The average molecular weight is 465 g/mol. The smallest absolute Gasteiger partial charge is 0.255 e. The molecule has 6 nitrogen and oxygen atoms in total. The number of aromatic nitrogens is 1. The maximum absolute atomic E-state index is 13.5. The van der Waals surface area contributed by atoms with Gasteiger partial charge in [0.05, 0.1) is 17.1 Å². The lowest BCUT2D eigenvalue weighted by molar-refractivity contribution is -0.123. The van der Waals surface area contributed by atoms with Crippen molar-refractivity contribution < 1.29 is 9.59 Å². The second-order valence-electron chi connectivity index (χ2n) is 10.1. The van der Waals surface area contributed by atoms with Gasteiger partial charge >= 0.3 is 0 Å². The predicted molar refractivity (Wildman–Crippen MR) is 139 cm³/mol. The number of hydrogen-bond acceptors (Lipinski definition) is 3. The zero-order chi connectivity index (χ0) is 24.2. The lowest BCUT2D eigenvalue weighted by Crippen LogP contribution is -2.60. The van der Waals surface area contributed by atoms with E-state index in [-0.39, 0.29) is 17.9 Å². The van der Waals surface area contributed by atoms with Crippen LogP contribution in [0.5, 0.6) is 0 Å². The Kier molecular flexibility index (Phi) is 5.00. The third-order valence-electron chi connectivity index (χ3n) is 7.33. The standard InChI is InChI=1S/C29H28N4O2/c1-29(2)23-14-20(27(34)31-25-15-30-24-11-7-6-10-22(24)25)12-13-26(23)33(28(29)35)21-17-32(18-21)16-19-8-4-3-5-9-19/h3-15,21,30H,16-18H2,1-2H3,(H,31,34). The Bertz CT molecular complexity index is 1430. The van der Waals surface area contributed by atoms with E-state index in [4.69, 9.17) is 0 Å². The summed E-state index contributed by atoms with van der Waals surface area (Å²) in [5.74, 6) is -0.0806. The quantitative estimate of drug-likeness (QED) is 0.440. The second-order valence-corrected chi connectivity index (χ2v) is 10.1. The normalized spacial score (nSPS) is 17.4. The highest BCUT2D eigenvalue weighted by Gasteiger charge is 2.49. The molecule has 0 saturated carbocycles. The van der Waals surface area contributed by atoms with E-state index in [1.165, 1.54) is 5.56 Å². The van der Waals surface area contributed by atoms with Crippen LogP contribution < -0.4 is 10.2 Å². The summed E-state index contributed by atoms with van der Waals surface area (Å²) in [6, 6.07) is 24.1. The van der Waals surface area contributed by atoms with Gasteiger partial charge in [-0.25, -0.2) is 0 Å². The lowest BCUT2D eigenvalue weighted by atomic mass is 9.85. The van der Waals surface area contributed by atoms with E-state index >= 15 is 0 Å². The molecule has 0 spiro atoms. The van der Waals surface area contributed by atoms with Gasteiger partial charge in [-0.1, -0.05) is 48.5 Å². The van der Waals surface area contributed by atoms with Gasteiger partial charge < -0.3 is 15.2 Å². The highest BCUT2D eigenvalue weighted by molar-refractivity contribution is 6.12. The van der Waals surface area contributed by atoms with Crippen LogP contribution in [-0.4, -0.2) is 40.8 Å². The van der Waals surface area contributed by atoms with Crippen LogP contribution in [0.4, 0.5) is 11.4 Å². The molecule has 0 atom stereocenters. The van der Waals surface area contributed by atoms with Gasteiger partial charge in [0.25, 0.3) is 5.91 Å². The van der Waals surface area contributed by atoms with Crippen LogP contribution in [0.3, 0.4) is 0 Å². The van der Waals surface area contributed by atoms with Crippen LogP contribution >= 0.6 is 0 Å². The van der Waals surface area contributed by atoms with Crippen molar-refractivity contribution in [1.82, 2.24) is 9.88 Å². The van der Waals surface area contributed by atoms with Crippen molar-refractivity contribution in [3.8, 4) is 0 Å². The van der Waals surface area contributed by atoms with E-state index < -0.39 is 5.41 Å². The summed E-state index contributed by atoms with van der Waals surface area (Å²) < 4.78 is 0. The number of amides is 2. The van der Waals surface area contributed by atoms with Crippen molar-refractivity contribution in [3.63, 3.8) is 0 Å². The predicted octanol–water partition coefficient (Wildman–Crippen LogP) is 4.93. The molecule has 176 valence electrons. The molecule has 3 aromatic carbocycles. The Morgan fingerprint density at radius 3 is 2.57 bits per heavy atom. The Hall–Kier alpha value is -3.90. The maximum Gasteiger partial charge on any atom is 0.255 e. The first-order valence-corrected chi connectivity index (χ1v) is 12.0. The molecule has 2 N–H and O–H groups in total. The Morgan fingerprint density at radius 1 is 1.03 bits per heavy atom. The number of rotatable bonds is 5. The molecule has 1 fully saturated rings. The van der Waals surface area contributed by atoms with Gasteiger partial charge in [-0.15, -0.1) is 0 Å². The number of hydrogen-bond donors (Lipinski definition) is 2. The zero-order valence-corrected chi connectivity index (χ0v) is 19.9. The highest BCUT2D eigenvalue weighted by Crippen LogP contribution is 2.44. The molecule has 0 aliphatic carbocycles. The summed E-state index contributed by atoms with van der Waals surface area (Å²) in [4.78, 5) is 34.1. The fourth-order valence-electron chi connectivity index (χ4n) is 5.32. The molecule has 6 heteroatoms. The minimum absolute atomic E-state index is 0.103.